The van der Waals surface area contributed by atoms with Gasteiger partial charge in [0.2, 0.25) is 0 Å². The minimum Gasteiger partial charge on any atom is -0.495 e. The van der Waals surface area contributed by atoms with E-state index < -0.39 is 23.5 Å². The van der Waals surface area contributed by atoms with E-state index in [9.17, 15) is 26.3 Å². The fourth-order valence-corrected chi connectivity index (χ4v) is 7.26. The maximum Gasteiger partial charge on any atom is 0.416 e. The summed E-state index contributed by atoms with van der Waals surface area (Å²) in [6.45, 7) is 7.44. The van der Waals surface area contributed by atoms with Crippen LogP contribution >= 0.6 is 0 Å². The second-order valence-electron chi connectivity index (χ2n) is 14.6. The lowest BCUT2D eigenvalue weighted by molar-refractivity contribution is -0.138. The number of aryl methyl sites for hydroxylation is 3. The van der Waals surface area contributed by atoms with Crippen molar-refractivity contribution in [3.05, 3.63) is 144 Å². The van der Waals surface area contributed by atoms with Gasteiger partial charge in [-0.15, -0.1) is 0 Å². The van der Waals surface area contributed by atoms with E-state index in [1.807, 2.05) is 90.3 Å². The number of hydrogen-bond donors (Lipinski definition) is 0. The Morgan fingerprint density at radius 1 is 0.532 bits per heavy atom. The summed E-state index contributed by atoms with van der Waals surface area (Å²) < 4.78 is 97.5. The van der Waals surface area contributed by atoms with Crippen LogP contribution < -0.4 is 9.47 Å². The Labute approximate surface area is 353 Å². The number of benzene rings is 4. The topological polar surface area (TPSA) is 89.7 Å². The van der Waals surface area contributed by atoms with Gasteiger partial charge >= 0.3 is 12.4 Å². The molecule has 0 aliphatic carbocycles. The van der Waals surface area contributed by atoms with E-state index in [0.717, 1.165) is 63.8 Å². The minimum atomic E-state index is -4.41. The van der Waals surface area contributed by atoms with Crippen molar-refractivity contribution in [2.45, 2.75) is 40.0 Å². The van der Waals surface area contributed by atoms with Crippen LogP contribution in [0.25, 0.3) is 56.7 Å². The monoisotopic (exact) mass is 852 g/mol. The highest BCUT2D eigenvalue weighted by Gasteiger charge is 2.32. The lowest BCUT2D eigenvalue weighted by atomic mass is 10.1. The van der Waals surface area contributed by atoms with Crippen molar-refractivity contribution in [3.63, 3.8) is 0 Å². The fourth-order valence-electron chi connectivity index (χ4n) is 7.26. The van der Waals surface area contributed by atoms with Crippen molar-refractivity contribution in [3.8, 4) is 68.2 Å². The first-order valence-corrected chi connectivity index (χ1v) is 19.2. The maximum absolute atomic E-state index is 13.2. The quantitative estimate of drug-likeness (QED) is 0.141. The molecule has 0 aliphatic heterocycles. The van der Waals surface area contributed by atoms with Crippen LogP contribution in [0.1, 0.15) is 33.9 Å². The zero-order valence-electron chi connectivity index (χ0n) is 35.1. The molecule has 0 unspecified atom stereocenters. The molecule has 4 heterocycles. The van der Waals surface area contributed by atoms with Gasteiger partial charge in [0.15, 0.2) is 0 Å². The van der Waals surface area contributed by atoms with Crippen molar-refractivity contribution in [1.82, 2.24) is 38.2 Å². The van der Waals surface area contributed by atoms with Crippen molar-refractivity contribution in [2.75, 3.05) is 14.2 Å². The first-order valence-electron chi connectivity index (χ1n) is 19.2. The molecule has 0 N–H and O–H groups in total. The Bertz CT molecular complexity index is 2810. The first kappa shape index (κ1) is 43.0. The molecule has 0 fully saturated rings. The Hall–Kier alpha value is -7.10. The van der Waals surface area contributed by atoms with Crippen LogP contribution in [0, 0.1) is 27.7 Å². The largest absolute Gasteiger partial charge is 0.495 e. The van der Waals surface area contributed by atoms with Gasteiger partial charge in [-0.25, -0.2) is 19.9 Å². The molecule has 320 valence electrons. The van der Waals surface area contributed by atoms with E-state index in [2.05, 4.69) is 19.9 Å². The first-order chi connectivity index (χ1) is 29.4. The fraction of sp³-hybridized carbons (Fsp3) is 0.217. The summed E-state index contributed by atoms with van der Waals surface area (Å²) in [6.07, 6.45) is -1.59. The Kier molecular flexibility index (Phi) is 11.6. The molecule has 62 heavy (non-hydrogen) atoms. The molecule has 16 heteroatoms. The van der Waals surface area contributed by atoms with Crippen LogP contribution in [0.4, 0.5) is 26.3 Å². The standard InChI is InChI=1S/2C23H21F3N4O/c1-14-12-30(13-27-14)19-9-8-17(11-20(19)31-4)22-28-21(15(2)29(22)3)16-6-5-7-18(10-16)23(24,25)26;1-14-12-30(13-27-14)19-9-8-17(11-20(19)31-4)22-28-15(2)21(29(22)3)16-6-5-7-18(10-16)23(24,25)26/h2*5-13H,1-4H3. The molecule has 8 aromatic rings. The summed E-state index contributed by atoms with van der Waals surface area (Å²) in [4.78, 5) is 17.8. The van der Waals surface area contributed by atoms with Crippen molar-refractivity contribution < 1.29 is 35.8 Å². The van der Waals surface area contributed by atoms with Crippen LogP contribution in [-0.2, 0) is 26.4 Å². The summed E-state index contributed by atoms with van der Waals surface area (Å²) in [5, 5.41) is 0. The number of ether oxygens (including phenoxy) is 2. The number of rotatable bonds is 8. The Morgan fingerprint density at radius 2 is 1.00 bits per heavy atom. The van der Waals surface area contributed by atoms with Gasteiger partial charge in [0.25, 0.3) is 0 Å². The highest BCUT2D eigenvalue weighted by Crippen LogP contribution is 2.38. The van der Waals surface area contributed by atoms with Crippen molar-refractivity contribution >= 4 is 0 Å². The second-order valence-corrected chi connectivity index (χ2v) is 14.6. The van der Waals surface area contributed by atoms with E-state index >= 15 is 0 Å². The maximum atomic E-state index is 13.2. The van der Waals surface area contributed by atoms with E-state index in [4.69, 9.17) is 9.47 Å². The number of imidazole rings is 4. The third kappa shape index (κ3) is 8.58. The number of nitrogens with zero attached hydrogens (tertiary/aromatic N) is 8. The normalized spacial score (nSPS) is 11.7. The SMILES string of the molecule is COc1cc(-c2nc(-c3cccc(C(F)(F)F)c3)c(C)n2C)ccc1-n1cnc(C)c1.COc1cc(-c2nc(C)c(-c3cccc(C(F)(F)F)c3)n2C)ccc1-n1cnc(C)c1. The number of methoxy groups -OCH3 is 2. The molecule has 10 nitrogen and oxygen atoms in total. The third-order valence-corrected chi connectivity index (χ3v) is 10.4. The Balaban J connectivity index is 0.000000186. The number of alkyl halides is 6. The van der Waals surface area contributed by atoms with Gasteiger partial charge in [0.05, 0.1) is 77.8 Å². The molecular weight excluding hydrogens is 811 g/mol. The predicted molar refractivity (Wildman–Crippen MR) is 224 cm³/mol. The van der Waals surface area contributed by atoms with Crippen molar-refractivity contribution in [1.29, 1.82) is 0 Å². The van der Waals surface area contributed by atoms with Crippen LogP contribution in [0.15, 0.2) is 110 Å². The average molecular weight is 853 g/mol. The highest BCUT2D eigenvalue weighted by molar-refractivity contribution is 5.72. The number of aromatic nitrogens is 8. The molecule has 4 aromatic heterocycles. The summed E-state index contributed by atoms with van der Waals surface area (Å²) in [5.41, 5.74) is 7.08. The van der Waals surface area contributed by atoms with Crippen molar-refractivity contribution in [2.24, 2.45) is 14.1 Å². The van der Waals surface area contributed by atoms with Gasteiger partial charge in [-0.3, -0.25) is 0 Å². The summed E-state index contributed by atoms with van der Waals surface area (Å²) in [7, 11) is 6.81. The van der Waals surface area contributed by atoms with Crippen LogP contribution in [0.2, 0.25) is 0 Å². The molecule has 0 saturated heterocycles. The van der Waals surface area contributed by atoms with Gasteiger partial charge in [0, 0.05) is 54.4 Å². The lowest BCUT2D eigenvalue weighted by Crippen LogP contribution is -2.05. The lowest BCUT2D eigenvalue weighted by Gasteiger charge is -2.13. The van der Waals surface area contributed by atoms with Crippen LogP contribution in [-0.4, -0.2) is 52.4 Å². The second kappa shape index (κ2) is 16.7. The number of halogens is 6. The smallest absolute Gasteiger partial charge is 0.416 e. The molecular formula is C46H42F6N8O2. The zero-order chi connectivity index (χ0) is 44.7. The molecule has 0 bridgehead atoms. The third-order valence-electron chi connectivity index (χ3n) is 10.4. The average Bonchev–Trinajstić information content (AvgIpc) is 4.02. The predicted octanol–water partition coefficient (Wildman–Crippen LogP) is 11.2. The van der Waals surface area contributed by atoms with E-state index in [1.165, 1.54) is 12.1 Å². The number of hydrogen-bond acceptors (Lipinski definition) is 6. The van der Waals surface area contributed by atoms with Gasteiger partial charge in [-0.1, -0.05) is 24.3 Å². The molecule has 0 aliphatic rings. The molecule has 0 amide bonds. The summed E-state index contributed by atoms with van der Waals surface area (Å²) >= 11 is 0. The summed E-state index contributed by atoms with van der Waals surface area (Å²) in [6, 6.07) is 21.9. The van der Waals surface area contributed by atoms with E-state index in [1.54, 1.807) is 57.5 Å². The molecule has 0 saturated carbocycles. The van der Waals surface area contributed by atoms with Gasteiger partial charge in [-0.05, 0) is 88.4 Å². The molecule has 0 atom stereocenters. The summed E-state index contributed by atoms with van der Waals surface area (Å²) in [5.74, 6) is 2.54. The van der Waals surface area contributed by atoms with E-state index in [-0.39, 0.29) is 0 Å². The minimum absolute atomic E-state index is 0.423. The molecule has 4 aromatic carbocycles. The van der Waals surface area contributed by atoms with Gasteiger partial charge in [0.1, 0.15) is 23.1 Å². The van der Waals surface area contributed by atoms with E-state index in [0.29, 0.717) is 51.4 Å². The Morgan fingerprint density at radius 3 is 1.45 bits per heavy atom. The van der Waals surface area contributed by atoms with Crippen LogP contribution in [0.5, 0.6) is 11.5 Å². The molecule has 8 rings (SSSR count). The molecule has 0 radical (unpaired) electrons. The highest BCUT2D eigenvalue weighted by atomic mass is 19.4. The van der Waals surface area contributed by atoms with Gasteiger partial charge < -0.3 is 27.7 Å². The van der Waals surface area contributed by atoms with Crippen LogP contribution in [0.3, 0.4) is 0 Å². The zero-order valence-corrected chi connectivity index (χ0v) is 35.1. The van der Waals surface area contributed by atoms with Gasteiger partial charge in [-0.2, -0.15) is 26.3 Å². The molecule has 0 spiro atoms.